The molecule has 0 aliphatic carbocycles. The van der Waals surface area contributed by atoms with Crippen molar-refractivity contribution in [1.29, 1.82) is 0 Å². The summed E-state index contributed by atoms with van der Waals surface area (Å²) in [6, 6.07) is 11.9. The molecule has 0 saturated heterocycles. The third-order valence-corrected chi connectivity index (χ3v) is 4.91. The molecule has 0 saturated carbocycles. The maximum atomic E-state index is 13.6. The number of benzene rings is 2. The Bertz CT molecular complexity index is 851. The van der Waals surface area contributed by atoms with E-state index in [0.29, 0.717) is 12.1 Å². The Hall–Kier alpha value is -2.25. The monoisotopic (exact) mass is 364 g/mol. The van der Waals surface area contributed by atoms with Crippen molar-refractivity contribution in [3.63, 3.8) is 0 Å². The van der Waals surface area contributed by atoms with Gasteiger partial charge in [-0.1, -0.05) is 38.1 Å². The van der Waals surface area contributed by atoms with Crippen molar-refractivity contribution < 1.29 is 17.6 Å². The summed E-state index contributed by atoms with van der Waals surface area (Å²) in [5.74, 6) is -0.705. The second-order valence-corrected chi connectivity index (χ2v) is 7.81. The summed E-state index contributed by atoms with van der Waals surface area (Å²) in [4.78, 5) is 12.2. The van der Waals surface area contributed by atoms with Crippen LogP contribution in [0.1, 0.15) is 29.8 Å². The first kappa shape index (κ1) is 19.1. The Morgan fingerprint density at radius 3 is 2.52 bits per heavy atom. The second kappa shape index (κ2) is 8.22. The molecule has 0 spiro atoms. The Kier molecular flexibility index (Phi) is 6.27. The molecule has 134 valence electrons. The molecular formula is C18H21FN2O3S. The van der Waals surface area contributed by atoms with E-state index in [-0.39, 0.29) is 22.9 Å². The van der Waals surface area contributed by atoms with Crippen LogP contribution in [0.5, 0.6) is 0 Å². The molecule has 2 rings (SSSR count). The minimum atomic E-state index is -3.68. The van der Waals surface area contributed by atoms with E-state index >= 15 is 0 Å². The molecule has 25 heavy (non-hydrogen) atoms. The van der Waals surface area contributed by atoms with Gasteiger partial charge in [0, 0.05) is 24.2 Å². The van der Waals surface area contributed by atoms with Gasteiger partial charge in [-0.3, -0.25) is 4.79 Å². The van der Waals surface area contributed by atoms with E-state index in [9.17, 15) is 17.6 Å². The minimum absolute atomic E-state index is 0.0201. The molecule has 0 aromatic heterocycles. The van der Waals surface area contributed by atoms with Gasteiger partial charge in [-0.05, 0) is 30.2 Å². The first-order valence-electron chi connectivity index (χ1n) is 7.91. The molecule has 1 amide bonds. The van der Waals surface area contributed by atoms with Crippen LogP contribution in [0, 0.1) is 11.7 Å². The van der Waals surface area contributed by atoms with E-state index in [0.717, 1.165) is 0 Å². The Morgan fingerprint density at radius 2 is 1.84 bits per heavy atom. The highest BCUT2D eigenvalue weighted by atomic mass is 32.2. The molecule has 0 aliphatic rings. The van der Waals surface area contributed by atoms with Crippen LogP contribution in [0.15, 0.2) is 53.4 Å². The zero-order valence-electron chi connectivity index (χ0n) is 14.1. The van der Waals surface area contributed by atoms with E-state index in [1.165, 1.54) is 30.3 Å². The van der Waals surface area contributed by atoms with Crippen molar-refractivity contribution in [2.75, 3.05) is 6.54 Å². The topological polar surface area (TPSA) is 75.3 Å². The number of carbonyl (C=O) groups is 1. The molecule has 0 heterocycles. The first-order chi connectivity index (χ1) is 11.8. The minimum Gasteiger partial charge on any atom is -0.348 e. The standard InChI is InChI=1S/C18H21FN2O3S/c1-13(2)11-21-25(23,24)16-8-5-7-14(10-16)18(22)20-12-15-6-3-4-9-17(15)19/h3-10,13,21H,11-12H2,1-2H3,(H,20,22). The maximum absolute atomic E-state index is 13.6. The molecule has 0 bridgehead atoms. The van der Waals surface area contributed by atoms with Gasteiger partial charge < -0.3 is 5.32 Å². The van der Waals surface area contributed by atoms with Gasteiger partial charge in [-0.25, -0.2) is 17.5 Å². The summed E-state index contributed by atoms with van der Waals surface area (Å²) in [7, 11) is -3.68. The highest BCUT2D eigenvalue weighted by Gasteiger charge is 2.16. The van der Waals surface area contributed by atoms with Crippen LogP contribution in [-0.2, 0) is 16.6 Å². The van der Waals surface area contributed by atoms with Crippen molar-refractivity contribution in [1.82, 2.24) is 10.0 Å². The van der Waals surface area contributed by atoms with Crippen molar-refractivity contribution in [3.05, 3.63) is 65.5 Å². The van der Waals surface area contributed by atoms with Crippen LogP contribution in [0.2, 0.25) is 0 Å². The highest BCUT2D eigenvalue weighted by Crippen LogP contribution is 2.12. The van der Waals surface area contributed by atoms with E-state index in [1.54, 1.807) is 18.2 Å². The SMILES string of the molecule is CC(C)CNS(=O)(=O)c1cccc(C(=O)NCc2ccccc2F)c1. The summed E-state index contributed by atoms with van der Waals surface area (Å²) in [6.07, 6.45) is 0. The number of sulfonamides is 1. The van der Waals surface area contributed by atoms with Crippen molar-refractivity contribution in [2.24, 2.45) is 5.92 Å². The van der Waals surface area contributed by atoms with Gasteiger partial charge in [0.05, 0.1) is 4.90 Å². The first-order valence-corrected chi connectivity index (χ1v) is 9.39. The Morgan fingerprint density at radius 1 is 1.12 bits per heavy atom. The fraction of sp³-hybridized carbons (Fsp3) is 0.278. The molecule has 2 N–H and O–H groups in total. The molecule has 0 fully saturated rings. The van der Waals surface area contributed by atoms with Crippen molar-refractivity contribution >= 4 is 15.9 Å². The zero-order valence-corrected chi connectivity index (χ0v) is 14.9. The van der Waals surface area contributed by atoms with Crippen LogP contribution in [0.25, 0.3) is 0 Å². The summed E-state index contributed by atoms with van der Waals surface area (Å²) < 4.78 is 40.6. The lowest BCUT2D eigenvalue weighted by atomic mass is 10.2. The summed E-state index contributed by atoms with van der Waals surface area (Å²) in [6.45, 7) is 4.13. The molecule has 0 radical (unpaired) electrons. The van der Waals surface area contributed by atoms with E-state index in [4.69, 9.17) is 0 Å². The predicted molar refractivity (Wildman–Crippen MR) is 94.0 cm³/mol. The number of amides is 1. The van der Waals surface area contributed by atoms with Crippen LogP contribution in [0.3, 0.4) is 0 Å². The Balaban J connectivity index is 2.10. The fourth-order valence-corrected chi connectivity index (χ4v) is 3.34. The molecule has 0 unspecified atom stereocenters. The quantitative estimate of drug-likeness (QED) is 0.793. The third-order valence-electron chi connectivity index (χ3n) is 3.49. The summed E-state index contributed by atoms with van der Waals surface area (Å²) in [5, 5.41) is 2.59. The van der Waals surface area contributed by atoms with Crippen molar-refractivity contribution in [2.45, 2.75) is 25.3 Å². The average Bonchev–Trinajstić information content (AvgIpc) is 2.59. The number of halogens is 1. The molecule has 0 atom stereocenters. The largest absolute Gasteiger partial charge is 0.348 e. The van der Waals surface area contributed by atoms with Crippen LogP contribution >= 0.6 is 0 Å². The number of nitrogens with one attached hydrogen (secondary N) is 2. The lowest BCUT2D eigenvalue weighted by Crippen LogP contribution is -2.28. The molecule has 2 aromatic carbocycles. The van der Waals surface area contributed by atoms with Gasteiger partial charge in [0.25, 0.3) is 5.91 Å². The number of hydrogen-bond donors (Lipinski definition) is 2. The van der Waals surface area contributed by atoms with Gasteiger partial charge in [-0.15, -0.1) is 0 Å². The molecule has 5 nitrogen and oxygen atoms in total. The third kappa shape index (κ3) is 5.37. The number of carbonyl (C=O) groups excluding carboxylic acids is 1. The van der Waals surface area contributed by atoms with Gasteiger partial charge in [0.15, 0.2) is 0 Å². The van der Waals surface area contributed by atoms with E-state index in [1.807, 2.05) is 13.8 Å². The van der Waals surface area contributed by atoms with Crippen molar-refractivity contribution in [3.8, 4) is 0 Å². The van der Waals surface area contributed by atoms with Gasteiger partial charge in [0.1, 0.15) is 5.82 Å². The molecular weight excluding hydrogens is 343 g/mol. The molecule has 2 aromatic rings. The highest BCUT2D eigenvalue weighted by molar-refractivity contribution is 7.89. The van der Waals surface area contributed by atoms with Gasteiger partial charge in [0.2, 0.25) is 10.0 Å². The zero-order chi connectivity index (χ0) is 18.4. The van der Waals surface area contributed by atoms with Crippen LogP contribution in [-0.4, -0.2) is 20.9 Å². The van der Waals surface area contributed by atoms with E-state index < -0.39 is 21.7 Å². The normalized spacial score (nSPS) is 11.5. The van der Waals surface area contributed by atoms with Crippen LogP contribution < -0.4 is 10.0 Å². The summed E-state index contributed by atoms with van der Waals surface area (Å²) in [5.41, 5.74) is 0.557. The lowest BCUT2D eigenvalue weighted by molar-refractivity contribution is 0.0950. The maximum Gasteiger partial charge on any atom is 0.251 e. The van der Waals surface area contributed by atoms with E-state index in [2.05, 4.69) is 10.0 Å². The van der Waals surface area contributed by atoms with Crippen LogP contribution in [0.4, 0.5) is 4.39 Å². The predicted octanol–water partition coefficient (Wildman–Crippen LogP) is 2.69. The lowest BCUT2D eigenvalue weighted by Gasteiger charge is -2.10. The molecule has 7 heteroatoms. The van der Waals surface area contributed by atoms with Gasteiger partial charge >= 0.3 is 0 Å². The average molecular weight is 364 g/mol. The smallest absolute Gasteiger partial charge is 0.251 e. The fourth-order valence-electron chi connectivity index (χ4n) is 2.08. The summed E-state index contributed by atoms with van der Waals surface area (Å²) >= 11 is 0. The van der Waals surface area contributed by atoms with Gasteiger partial charge in [-0.2, -0.15) is 0 Å². The number of rotatable bonds is 7. The second-order valence-electron chi connectivity index (χ2n) is 6.05. The molecule has 0 aliphatic heterocycles. The Labute approximate surface area is 147 Å². The number of hydrogen-bond acceptors (Lipinski definition) is 3.